The van der Waals surface area contributed by atoms with E-state index in [9.17, 15) is 0 Å². The summed E-state index contributed by atoms with van der Waals surface area (Å²) < 4.78 is 10.6. The Hall–Kier alpha value is -1.22. The van der Waals surface area contributed by atoms with Gasteiger partial charge in [-0.1, -0.05) is 12.1 Å². The minimum atomic E-state index is -0.299. The molecule has 1 aromatic carbocycles. The standard InChI is InChI=1S/C8H9NO2/c9-5-8-10-6-3-1-2-4-7(6)11-8/h1-4,8H,5,9H2. The van der Waals surface area contributed by atoms with Crippen molar-refractivity contribution in [3.05, 3.63) is 24.3 Å². The van der Waals surface area contributed by atoms with Crippen LogP contribution in [0.15, 0.2) is 24.3 Å². The quantitative estimate of drug-likeness (QED) is 0.644. The lowest BCUT2D eigenvalue weighted by molar-refractivity contribution is 0.0580. The van der Waals surface area contributed by atoms with Crippen molar-refractivity contribution in [3.8, 4) is 11.5 Å². The SMILES string of the molecule is NCC1Oc2ccccc2O1. The molecule has 58 valence electrons. The maximum absolute atomic E-state index is 5.36. The number of nitrogens with two attached hydrogens (primary N) is 1. The highest BCUT2D eigenvalue weighted by molar-refractivity contribution is 5.41. The molecule has 1 aliphatic heterocycles. The highest BCUT2D eigenvalue weighted by Crippen LogP contribution is 2.33. The van der Waals surface area contributed by atoms with Crippen molar-refractivity contribution < 1.29 is 9.47 Å². The van der Waals surface area contributed by atoms with Crippen molar-refractivity contribution >= 4 is 0 Å². The second-order valence-corrected chi connectivity index (χ2v) is 2.35. The minimum absolute atomic E-state index is 0.299. The molecule has 11 heavy (non-hydrogen) atoms. The lowest BCUT2D eigenvalue weighted by Crippen LogP contribution is -2.27. The first kappa shape index (κ1) is 6.49. The molecule has 1 aliphatic rings. The van der Waals surface area contributed by atoms with Crippen molar-refractivity contribution in [1.29, 1.82) is 0 Å². The van der Waals surface area contributed by atoms with E-state index in [2.05, 4.69) is 0 Å². The molecule has 0 atom stereocenters. The van der Waals surface area contributed by atoms with Crippen molar-refractivity contribution in [2.24, 2.45) is 5.73 Å². The van der Waals surface area contributed by atoms with Crippen molar-refractivity contribution in [3.63, 3.8) is 0 Å². The summed E-state index contributed by atoms with van der Waals surface area (Å²) in [5.41, 5.74) is 5.36. The number of para-hydroxylation sites is 2. The summed E-state index contributed by atoms with van der Waals surface area (Å²) in [7, 11) is 0. The molecule has 0 aromatic heterocycles. The van der Waals surface area contributed by atoms with Crippen LogP contribution in [0.5, 0.6) is 11.5 Å². The molecule has 0 saturated carbocycles. The molecule has 0 bridgehead atoms. The van der Waals surface area contributed by atoms with Gasteiger partial charge in [0.1, 0.15) is 0 Å². The first-order chi connectivity index (χ1) is 5.40. The van der Waals surface area contributed by atoms with Gasteiger partial charge in [-0.2, -0.15) is 0 Å². The van der Waals surface area contributed by atoms with Crippen LogP contribution >= 0.6 is 0 Å². The summed E-state index contributed by atoms with van der Waals surface area (Å²) in [6, 6.07) is 7.54. The van der Waals surface area contributed by atoms with E-state index >= 15 is 0 Å². The van der Waals surface area contributed by atoms with Gasteiger partial charge in [-0.25, -0.2) is 0 Å². The Kier molecular flexibility index (Phi) is 1.43. The molecule has 3 nitrogen and oxygen atoms in total. The largest absolute Gasteiger partial charge is 0.450 e. The van der Waals surface area contributed by atoms with Gasteiger partial charge >= 0.3 is 0 Å². The molecular weight excluding hydrogens is 142 g/mol. The smallest absolute Gasteiger partial charge is 0.253 e. The zero-order valence-corrected chi connectivity index (χ0v) is 5.99. The van der Waals surface area contributed by atoms with E-state index in [0.29, 0.717) is 6.54 Å². The number of rotatable bonds is 1. The average molecular weight is 151 g/mol. The van der Waals surface area contributed by atoms with E-state index in [1.165, 1.54) is 0 Å². The fourth-order valence-corrected chi connectivity index (χ4v) is 1.05. The van der Waals surface area contributed by atoms with Crippen LogP contribution in [-0.2, 0) is 0 Å². The van der Waals surface area contributed by atoms with Crippen molar-refractivity contribution in [2.45, 2.75) is 6.29 Å². The average Bonchev–Trinajstić information content (AvgIpc) is 2.46. The molecule has 2 N–H and O–H groups in total. The number of hydrogen-bond acceptors (Lipinski definition) is 3. The predicted octanol–water partition coefficient (Wildman–Crippen LogP) is 0.743. The second kappa shape index (κ2) is 2.43. The lowest BCUT2D eigenvalue weighted by Gasteiger charge is -2.04. The Morgan fingerprint density at radius 2 is 1.73 bits per heavy atom. The maximum atomic E-state index is 5.36. The zero-order valence-electron chi connectivity index (χ0n) is 5.99. The first-order valence-corrected chi connectivity index (χ1v) is 3.52. The van der Waals surface area contributed by atoms with Gasteiger partial charge < -0.3 is 15.2 Å². The van der Waals surface area contributed by atoms with E-state index in [1.807, 2.05) is 24.3 Å². The summed E-state index contributed by atoms with van der Waals surface area (Å²) in [6.45, 7) is 0.384. The normalized spacial score (nSPS) is 15.4. The summed E-state index contributed by atoms with van der Waals surface area (Å²) in [6.07, 6.45) is -0.299. The van der Waals surface area contributed by atoms with Gasteiger partial charge in [-0.15, -0.1) is 0 Å². The first-order valence-electron chi connectivity index (χ1n) is 3.52. The van der Waals surface area contributed by atoms with Gasteiger partial charge in [0, 0.05) is 0 Å². The Labute approximate surface area is 64.7 Å². The van der Waals surface area contributed by atoms with Crippen LogP contribution in [0, 0.1) is 0 Å². The third kappa shape index (κ3) is 1.03. The highest BCUT2D eigenvalue weighted by atomic mass is 16.7. The van der Waals surface area contributed by atoms with Gasteiger partial charge in [0.15, 0.2) is 11.5 Å². The number of fused-ring (bicyclic) bond motifs is 1. The third-order valence-corrected chi connectivity index (χ3v) is 1.56. The van der Waals surface area contributed by atoms with Crippen LogP contribution < -0.4 is 15.2 Å². The van der Waals surface area contributed by atoms with Gasteiger partial charge in [-0.3, -0.25) is 0 Å². The van der Waals surface area contributed by atoms with Crippen LogP contribution in [0.25, 0.3) is 0 Å². The Bertz CT molecular complexity index is 237. The van der Waals surface area contributed by atoms with E-state index in [-0.39, 0.29) is 6.29 Å². The predicted molar refractivity (Wildman–Crippen MR) is 40.5 cm³/mol. The summed E-state index contributed by atoms with van der Waals surface area (Å²) in [4.78, 5) is 0. The molecule has 0 aliphatic carbocycles. The molecule has 1 aromatic rings. The summed E-state index contributed by atoms with van der Waals surface area (Å²) >= 11 is 0. The van der Waals surface area contributed by atoms with Crippen molar-refractivity contribution in [2.75, 3.05) is 6.54 Å². The molecule has 1 heterocycles. The topological polar surface area (TPSA) is 44.5 Å². The molecule has 0 saturated heterocycles. The Morgan fingerprint density at radius 3 is 2.18 bits per heavy atom. The van der Waals surface area contributed by atoms with Crippen molar-refractivity contribution in [1.82, 2.24) is 0 Å². The lowest BCUT2D eigenvalue weighted by atomic mass is 10.3. The minimum Gasteiger partial charge on any atom is -0.450 e. The summed E-state index contributed by atoms with van der Waals surface area (Å²) in [5.74, 6) is 1.56. The van der Waals surface area contributed by atoms with Gasteiger partial charge in [0.2, 0.25) is 0 Å². The number of hydrogen-bond donors (Lipinski definition) is 1. The third-order valence-electron chi connectivity index (χ3n) is 1.56. The Balaban J connectivity index is 2.27. The van der Waals surface area contributed by atoms with Gasteiger partial charge in [0.05, 0.1) is 6.54 Å². The number of ether oxygens (including phenoxy) is 2. The molecule has 0 spiro atoms. The zero-order chi connectivity index (χ0) is 7.68. The second-order valence-electron chi connectivity index (χ2n) is 2.35. The summed E-state index contributed by atoms with van der Waals surface area (Å²) in [5, 5.41) is 0. The van der Waals surface area contributed by atoms with Gasteiger partial charge in [0.25, 0.3) is 6.29 Å². The fraction of sp³-hybridized carbons (Fsp3) is 0.250. The molecule has 3 heteroatoms. The van der Waals surface area contributed by atoms with Crippen LogP contribution in [0.3, 0.4) is 0 Å². The van der Waals surface area contributed by atoms with E-state index in [0.717, 1.165) is 11.5 Å². The van der Waals surface area contributed by atoms with E-state index in [1.54, 1.807) is 0 Å². The monoisotopic (exact) mass is 151 g/mol. The van der Waals surface area contributed by atoms with Crippen LogP contribution in [0.1, 0.15) is 0 Å². The van der Waals surface area contributed by atoms with Crippen LogP contribution in [-0.4, -0.2) is 12.8 Å². The number of benzene rings is 1. The molecule has 0 amide bonds. The Morgan fingerprint density at radius 1 is 1.18 bits per heavy atom. The molecule has 2 rings (SSSR count). The fourth-order valence-electron chi connectivity index (χ4n) is 1.05. The van der Waals surface area contributed by atoms with Gasteiger partial charge in [-0.05, 0) is 12.1 Å². The molecular formula is C8H9NO2. The van der Waals surface area contributed by atoms with Crippen LogP contribution in [0.2, 0.25) is 0 Å². The van der Waals surface area contributed by atoms with Crippen LogP contribution in [0.4, 0.5) is 0 Å². The van der Waals surface area contributed by atoms with E-state index in [4.69, 9.17) is 15.2 Å². The molecule has 0 radical (unpaired) electrons. The maximum Gasteiger partial charge on any atom is 0.253 e. The molecule has 0 unspecified atom stereocenters. The van der Waals surface area contributed by atoms with E-state index < -0.39 is 0 Å². The highest BCUT2D eigenvalue weighted by Gasteiger charge is 2.21. The molecule has 0 fully saturated rings.